The van der Waals surface area contributed by atoms with Crippen LogP contribution in [0.3, 0.4) is 0 Å². The molecule has 104 valence electrons. The zero-order valence-corrected chi connectivity index (χ0v) is 11.9. The van der Waals surface area contributed by atoms with Crippen LogP contribution in [0.5, 0.6) is 0 Å². The van der Waals surface area contributed by atoms with Crippen molar-refractivity contribution in [2.45, 2.75) is 17.7 Å². The molecule has 1 aliphatic rings. The number of hydrogen-bond donors (Lipinski definition) is 2. The topological polar surface area (TPSA) is 52.6 Å². The number of carbonyl (C=O) groups is 1. The van der Waals surface area contributed by atoms with Gasteiger partial charge in [-0.05, 0) is 37.1 Å². The van der Waals surface area contributed by atoms with Crippen LogP contribution in [0.2, 0.25) is 0 Å². The van der Waals surface area contributed by atoms with Crippen LogP contribution >= 0.6 is 11.8 Å². The third-order valence-electron chi connectivity index (χ3n) is 3.41. The second-order valence-corrected chi connectivity index (χ2v) is 5.62. The van der Waals surface area contributed by atoms with Gasteiger partial charge in [0, 0.05) is 24.6 Å². The van der Waals surface area contributed by atoms with E-state index in [0.717, 1.165) is 30.0 Å². The molecular weight excluding hydrogens is 260 g/mol. The molecule has 0 spiro atoms. The minimum atomic E-state index is -0.0698. The smallest absolute Gasteiger partial charge is 0.321 e. The Morgan fingerprint density at radius 3 is 3.05 bits per heavy atom. The van der Waals surface area contributed by atoms with Gasteiger partial charge in [0.25, 0.3) is 0 Å². The summed E-state index contributed by atoms with van der Waals surface area (Å²) < 4.78 is 0. The molecule has 0 aliphatic carbocycles. The molecular formula is C14H20N2O2S. The van der Waals surface area contributed by atoms with Crippen LogP contribution in [-0.4, -0.2) is 42.0 Å². The molecule has 1 fully saturated rings. The number of rotatable bonds is 3. The molecule has 19 heavy (non-hydrogen) atoms. The first kappa shape index (κ1) is 14.2. The zero-order chi connectivity index (χ0) is 13.7. The molecule has 2 rings (SSSR count). The average molecular weight is 280 g/mol. The molecule has 0 aromatic heterocycles. The van der Waals surface area contributed by atoms with Crippen molar-refractivity contribution in [3.05, 3.63) is 24.3 Å². The Labute approximate surface area is 118 Å². The Morgan fingerprint density at radius 2 is 2.32 bits per heavy atom. The molecule has 0 bridgehead atoms. The first-order valence-electron chi connectivity index (χ1n) is 6.54. The fraction of sp³-hybridized carbons (Fsp3) is 0.500. The SMILES string of the molecule is CSc1ccccc1NC(=O)N1CCC[C@@H](CO)C1. The number of thioether (sulfide) groups is 1. The van der Waals surface area contributed by atoms with Gasteiger partial charge in [-0.2, -0.15) is 0 Å². The normalized spacial score (nSPS) is 19.3. The maximum Gasteiger partial charge on any atom is 0.321 e. The van der Waals surface area contributed by atoms with E-state index in [2.05, 4.69) is 5.32 Å². The summed E-state index contributed by atoms with van der Waals surface area (Å²) in [6.45, 7) is 1.57. The Kier molecular flexibility index (Phi) is 5.10. The van der Waals surface area contributed by atoms with E-state index in [1.165, 1.54) is 0 Å². The van der Waals surface area contributed by atoms with Gasteiger partial charge in [0.05, 0.1) is 5.69 Å². The van der Waals surface area contributed by atoms with Crippen molar-refractivity contribution in [1.29, 1.82) is 0 Å². The van der Waals surface area contributed by atoms with Gasteiger partial charge < -0.3 is 15.3 Å². The van der Waals surface area contributed by atoms with Gasteiger partial charge in [0.1, 0.15) is 0 Å². The number of piperidine rings is 1. The molecule has 1 aliphatic heterocycles. The number of likely N-dealkylation sites (tertiary alicyclic amines) is 1. The third-order valence-corrected chi connectivity index (χ3v) is 4.21. The average Bonchev–Trinajstić information content (AvgIpc) is 2.47. The van der Waals surface area contributed by atoms with E-state index in [0.29, 0.717) is 6.54 Å². The maximum absolute atomic E-state index is 12.2. The highest BCUT2D eigenvalue weighted by Gasteiger charge is 2.23. The Hall–Kier alpha value is -1.20. The van der Waals surface area contributed by atoms with Gasteiger partial charge in [-0.25, -0.2) is 4.79 Å². The highest BCUT2D eigenvalue weighted by molar-refractivity contribution is 7.98. The summed E-state index contributed by atoms with van der Waals surface area (Å²) in [5.74, 6) is 0.218. The number of para-hydroxylation sites is 1. The molecule has 0 saturated carbocycles. The molecule has 1 heterocycles. The molecule has 0 unspecified atom stereocenters. The molecule has 5 heteroatoms. The van der Waals surface area contributed by atoms with Crippen LogP contribution in [0.1, 0.15) is 12.8 Å². The highest BCUT2D eigenvalue weighted by Crippen LogP contribution is 2.25. The largest absolute Gasteiger partial charge is 0.396 e. The van der Waals surface area contributed by atoms with Crippen molar-refractivity contribution in [2.24, 2.45) is 5.92 Å². The van der Waals surface area contributed by atoms with E-state index in [1.807, 2.05) is 30.5 Å². The Bertz CT molecular complexity index is 439. The van der Waals surface area contributed by atoms with Crippen molar-refractivity contribution >= 4 is 23.5 Å². The van der Waals surface area contributed by atoms with E-state index >= 15 is 0 Å². The Morgan fingerprint density at radius 1 is 1.53 bits per heavy atom. The van der Waals surface area contributed by atoms with Crippen molar-refractivity contribution in [1.82, 2.24) is 4.90 Å². The number of carbonyl (C=O) groups excluding carboxylic acids is 1. The number of hydrogen-bond acceptors (Lipinski definition) is 3. The molecule has 2 N–H and O–H groups in total. The summed E-state index contributed by atoms with van der Waals surface area (Å²) in [6, 6.07) is 7.72. The lowest BCUT2D eigenvalue weighted by Crippen LogP contribution is -2.43. The fourth-order valence-corrected chi connectivity index (χ4v) is 2.89. The zero-order valence-electron chi connectivity index (χ0n) is 11.1. The third kappa shape index (κ3) is 3.64. The number of aliphatic hydroxyl groups is 1. The second-order valence-electron chi connectivity index (χ2n) is 4.77. The molecule has 0 radical (unpaired) electrons. The van der Waals surface area contributed by atoms with E-state index in [-0.39, 0.29) is 18.6 Å². The van der Waals surface area contributed by atoms with Crippen molar-refractivity contribution in [2.75, 3.05) is 31.3 Å². The van der Waals surface area contributed by atoms with Gasteiger partial charge in [0.15, 0.2) is 0 Å². The van der Waals surface area contributed by atoms with Gasteiger partial charge in [0.2, 0.25) is 0 Å². The van der Waals surface area contributed by atoms with Crippen LogP contribution < -0.4 is 5.32 Å². The fourth-order valence-electron chi connectivity index (χ4n) is 2.34. The predicted octanol–water partition coefficient (Wildman–Crippen LogP) is 2.64. The van der Waals surface area contributed by atoms with Crippen LogP contribution in [0, 0.1) is 5.92 Å². The Balaban J connectivity index is 2.00. The monoisotopic (exact) mass is 280 g/mol. The van der Waals surface area contributed by atoms with Gasteiger partial charge in [-0.15, -0.1) is 11.8 Å². The highest BCUT2D eigenvalue weighted by atomic mass is 32.2. The number of amides is 2. The minimum absolute atomic E-state index is 0.0698. The number of aliphatic hydroxyl groups excluding tert-OH is 1. The van der Waals surface area contributed by atoms with Crippen LogP contribution in [0.25, 0.3) is 0 Å². The first-order valence-corrected chi connectivity index (χ1v) is 7.77. The molecule has 4 nitrogen and oxygen atoms in total. The van der Waals surface area contributed by atoms with Gasteiger partial charge in [-0.1, -0.05) is 12.1 Å². The predicted molar refractivity (Wildman–Crippen MR) is 78.6 cm³/mol. The lowest BCUT2D eigenvalue weighted by molar-refractivity contribution is 0.136. The quantitative estimate of drug-likeness (QED) is 0.837. The molecule has 1 saturated heterocycles. The van der Waals surface area contributed by atoms with E-state index < -0.39 is 0 Å². The lowest BCUT2D eigenvalue weighted by atomic mass is 9.99. The molecule has 1 aromatic carbocycles. The van der Waals surface area contributed by atoms with Gasteiger partial charge in [-0.3, -0.25) is 0 Å². The van der Waals surface area contributed by atoms with E-state index in [4.69, 9.17) is 0 Å². The summed E-state index contributed by atoms with van der Waals surface area (Å²) in [5, 5.41) is 12.2. The first-order chi connectivity index (χ1) is 9.24. The van der Waals surface area contributed by atoms with Crippen molar-refractivity contribution < 1.29 is 9.90 Å². The second kappa shape index (κ2) is 6.82. The summed E-state index contributed by atoms with van der Waals surface area (Å²) in [7, 11) is 0. The number of benzene rings is 1. The maximum atomic E-state index is 12.2. The van der Waals surface area contributed by atoms with E-state index in [9.17, 15) is 9.90 Å². The minimum Gasteiger partial charge on any atom is -0.396 e. The number of urea groups is 1. The number of nitrogens with one attached hydrogen (secondary N) is 1. The van der Waals surface area contributed by atoms with Gasteiger partial charge >= 0.3 is 6.03 Å². The molecule has 2 amide bonds. The van der Waals surface area contributed by atoms with Crippen LogP contribution in [0.15, 0.2) is 29.2 Å². The summed E-state index contributed by atoms with van der Waals surface area (Å²) in [4.78, 5) is 15.1. The molecule has 1 atom stereocenters. The summed E-state index contributed by atoms with van der Waals surface area (Å²) in [6.07, 6.45) is 3.96. The lowest BCUT2D eigenvalue weighted by Gasteiger charge is -2.32. The number of anilines is 1. The number of nitrogens with zero attached hydrogens (tertiary/aromatic N) is 1. The standard InChI is InChI=1S/C14H20N2O2S/c1-19-13-7-3-2-6-12(13)15-14(18)16-8-4-5-11(9-16)10-17/h2-3,6-7,11,17H,4-5,8-10H2,1H3,(H,15,18)/t11-/m1/s1. The van der Waals surface area contributed by atoms with Crippen molar-refractivity contribution in [3.8, 4) is 0 Å². The van der Waals surface area contributed by atoms with Crippen molar-refractivity contribution in [3.63, 3.8) is 0 Å². The van der Waals surface area contributed by atoms with Crippen LogP contribution in [0.4, 0.5) is 10.5 Å². The molecule has 1 aromatic rings. The summed E-state index contributed by atoms with van der Waals surface area (Å²) in [5.41, 5.74) is 0.853. The van der Waals surface area contributed by atoms with E-state index in [1.54, 1.807) is 16.7 Å². The summed E-state index contributed by atoms with van der Waals surface area (Å²) >= 11 is 1.62. The van der Waals surface area contributed by atoms with Crippen LogP contribution in [-0.2, 0) is 0 Å².